The number of benzene rings is 2. The van der Waals surface area contributed by atoms with Gasteiger partial charge in [0.05, 0.1) is 7.11 Å². The molecule has 3 aromatic rings. The molecule has 0 atom stereocenters. The van der Waals surface area contributed by atoms with Crippen molar-refractivity contribution in [1.82, 2.24) is 0 Å². The fourth-order valence-corrected chi connectivity index (χ4v) is 3.09. The first-order valence-corrected chi connectivity index (χ1v) is 6.52. The van der Waals surface area contributed by atoms with Crippen molar-refractivity contribution in [2.75, 3.05) is 12.8 Å². The van der Waals surface area contributed by atoms with E-state index in [9.17, 15) is 0 Å². The summed E-state index contributed by atoms with van der Waals surface area (Å²) in [7, 11) is 1.70. The summed E-state index contributed by atoms with van der Waals surface area (Å²) in [5, 5.41) is 1.16. The van der Waals surface area contributed by atoms with E-state index in [2.05, 4.69) is 12.1 Å². The largest absolute Gasteiger partial charge is 0.496 e. The van der Waals surface area contributed by atoms with Crippen molar-refractivity contribution >= 4 is 27.1 Å². The second-order valence-corrected chi connectivity index (χ2v) is 5.19. The molecule has 18 heavy (non-hydrogen) atoms. The van der Waals surface area contributed by atoms with Crippen LogP contribution in [0.4, 0.5) is 5.69 Å². The van der Waals surface area contributed by atoms with Gasteiger partial charge >= 0.3 is 0 Å². The Labute approximate surface area is 110 Å². The maximum atomic E-state index is 5.71. The van der Waals surface area contributed by atoms with E-state index in [1.54, 1.807) is 18.4 Å². The molecule has 0 aliphatic heterocycles. The zero-order valence-electron chi connectivity index (χ0n) is 10.0. The highest BCUT2D eigenvalue weighted by Gasteiger charge is 2.07. The maximum absolute atomic E-state index is 5.71. The van der Waals surface area contributed by atoms with Gasteiger partial charge in [0.1, 0.15) is 5.75 Å². The third-order valence-corrected chi connectivity index (χ3v) is 4.09. The molecule has 0 saturated carbocycles. The number of ether oxygens (including phenoxy) is 1. The molecule has 1 heterocycles. The van der Waals surface area contributed by atoms with Gasteiger partial charge in [-0.1, -0.05) is 18.2 Å². The van der Waals surface area contributed by atoms with E-state index in [4.69, 9.17) is 10.5 Å². The molecule has 90 valence electrons. The number of anilines is 1. The lowest BCUT2D eigenvalue weighted by atomic mass is 10.1. The number of hydrogen-bond acceptors (Lipinski definition) is 3. The van der Waals surface area contributed by atoms with Gasteiger partial charge in [-0.2, -0.15) is 0 Å². The molecule has 0 unspecified atom stereocenters. The average molecular weight is 255 g/mol. The van der Waals surface area contributed by atoms with Crippen LogP contribution >= 0.6 is 11.3 Å². The molecule has 2 aromatic carbocycles. The summed E-state index contributed by atoms with van der Waals surface area (Å²) in [5.41, 5.74) is 7.69. The van der Waals surface area contributed by atoms with Crippen LogP contribution in [0, 0.1) is 0 Å². The number of methoxy groups -OCH3 is 1. The third-order valence-electron chi connectivity index (χ3n) is 2.94. The lowest BCUT2D eigenvalue weighted by molar-refractivity contribution is 0.420. The summed E-state index contributed by atoms with van der Waals surface area (Å²) >= 11 is 1.76. The topological polar surface area (TPSA) is 35.2 Å². The Kier molecular flexibility index (Phi) is 2.68. The second-order valence-electron chi connectivity index (χ2n) is 4.10. The van der Waals surface area contributed by atoms with E-state index < -0.39 is 0 Å². The van der Waals surface area contributed by atoms with Crippen molar-refractivity contribution in [3.8, 4) is 16.2 Å². The summed E-state index contributed by atoms with van der Waals surface area (Å²) in [5.74, 6) is 0.922. The minimum absolute atomic E-state index is 0.789. The summed E-state index contributed by atoms with van der Waals surface area (Å²) < 4.78 is 6.62. The molecular weight excluding hydrogens is 242 g/mol. The van der Waals surface area contributed by atoms with Crippen LogP contribution in [0.3, 0.4) is 0 Å². The number of fused-ring (bicyclic) bond motifs is 1. The predicted molar refractivity (Wildman–Crippen MR) is 78.2 cm³/mol. The monoisotopic (exact) mass is 255 g/mol. The zero-order chi connectivity index (χ0) is 12.5. The fraction of sp³-hybridized carbons (Fsp3) is 0.0667. The molecule has 2 N–H and O–H groups in total. The van der Waals surface area contributed by atoms with Crippen LogP contribution in [0.15, 0.2) is 48.5 Å². The zero-order valence-corrected chi connectivity index (χ0v) is 10.8. The molecule has 0 aliphatic rings. The van der Waals surface area contributed by atoms with Crippen molar-refractivity contribution in [2.45, 2.75) is 0 Å². The molecule has 0 aliphatic carbocycles. The van der Waals surface area contributed by atoms with Gasteiger partial charge in [-0.05, 0) is 35.9 Å². The van der Waals surface area contributed by atoms with Crippen LogP contribution in [0.1, 0.15) is 0 Å². The highest BCUT2D eigenvalue weighted by atomic mass is 32.1. The van der Waals surface area contributed by atoms with Crippen LogP contribution in [0.5, 0.6) is 5.75 Å². The van der Waals surface area contributed by atoms with Gasteiger partial charge in [0, 0.05) is 20.7 Å². The Morgan fingerprint density at radius 1 is 1.06 bits per heavy atom. The molecule has 3 rings (SSSR count). The van der Waals surface area contributed by atoms with Crippen LogP contribution in [-0.4, -0.2) is 7.11 Å². The summed E-state index contributed by atoms with van der Waals surface area (Å²) in [6.45, 7) is 0. The Hall–Kier alpha value is -2.00. The fourth-order valence-electron chi connectivity index (χ4n) is 2.00. The number of nitrogens with two attached hydrogens (primary N) is 1. The minimum atomic E-state index is 0.789. The lowest BCUT2D eigenvalue weighted by Gasteiger charge is -1.99. The average Bonchev–Trinajstić information content (AvgIpc) is 2.83. The van der Waals surface area contributed by atoms with Crippen LogP contribution in [0.25, 0.3) is 20.5 Å². The smallest absolute Gasteiger partial charge is 0.127 e. The molecule has 0 amide bonds. The van der Waals surface area contributed by atoms with Crippen molar-refractivity contribution in [1.29, 1.82) is 0 Å². The molecule has 0 radical (unpaired) electrons. The van der Waals surface area contributed by atoms with Crippen molar-refractivity contribution in [3.05, 3.63) is 48.5 Å². The van der Waals surface area contributed by atoms with Crippen LogP contribution in [-0.2, 0) is 0 Å². The molecule has 2 nitrogen and oxygen atoms in total. The number of thiophene rings is 1. The van der Waals surface area contributed by atoms with E-state index in [1.165, 1.54) is 15.1 Å². The molecule has 0 spiro atoms. The molecule has 0 bridgehead atoms. The van der Waals surface area contributed by atoms with E-state index in [0.717, 1.165) is 16.8 Å². The summed E-state index contributed by atoms with van der Waals surface area (Å²) in [6.07, 6.45) is 0. The maximum Gasteiger partial charge on any atom is 0.127 e. The minimum Gasteiger partial charge on any atom is -0.496 e. The molecule has 3 heteroatoms. The Bertz CT molecular complexity index is 685. The Balaban J connectivity index is 2.16. The van der Waals surface area contributed by atoms with E-state index in [1.807, 2.05) is 36.4 Å². The predicted octanol–water partition coefficient (Wildman–Crippen LogP) is 4.16. The highest BCUT2D eigenvalue weighted by Crippen LogP contribution is 2.37. The summed E-state index contributed by atoms with van der Waals surface area (Å²) in [4.78, 5) is 1.23. The third kappa shape index (κ3) is 1.83. The quantitative estimate of drug-likeness (QED) is 0.698. The van der Waals surface area contributed by atoms with E-state index in [-0.39, 0.29) is 0 Å². The van der Waals surface area contributed by atoms with Gasteiger partial charge in [-0.15, -0.1) is 11.3 Å². The molecule has 1 aromatic heterocycles. The van der Waals surface area contributed by atoms with E-state index >= 15 is 0 Å². The van der Waals surface area contributed by atoms with Gasteiger partial charge in [0.25, 0.3) is 0 Å². The van der Waals surface area contributed by atoms with Crippen molar-refractivity contribution in [3.63, 3.8) is 0 Å². The summed E-state index contributed by atoms with van der Waals surface area (Å²) in [6, 6.07) is 16.2. The molecule has 0 fully saturated rings. The van der Waals surface area contributed by atoms with E-state index in [0.29, 0.717) is 0 Å². The number of rotatable bonds is 2. The molecular formula is C15H13NOS. The lowest BCUT2D eigenvalue weighted by Crippen LogP contribution is -1.82. The van der Waals surface area contributed by atoms with Crippen molar-refractivity contribution in [2.24, 2.45) is 0 Å². The standard InChI is InChI=1S/C15H13NOS/c1-17-13-3-2-4-14-12(13)9-15(18-14)10-5-7-11(16)8-6-10/h2-9H,16H2,1H3. The number of hydrogen-bond donors (Lipinski definition) is 1. The number of nitrogen functional groups attached to an aromatic ring is 1. The first-order valence-electron chi connectivity index (χ1n) is 5.70. The first-order chi connectivity index (χ1) is 8.78. The van der Waals surface area contributed by atoms with Gasteiger partial charge in [0.15, 0.2) is 0 Å². The van der Waals surface area contributed by atoms with Gasteiger partial charge in [-0.25, -0.2) is 0 Å². The van der Waals surface area contributed by atoms with Gasteiger partial charge in [-0.3, -0.25) is 0 Å². The van der Waals surface area contributed by atoms with Gasteiger partial charge < -0.3 is 10.5 Å². The highest BCUT2D eigenvalue weighted by molar-refractivity contribution is 7.22. The first kappa shape index (κ1) is 11.1. The van der Waals surface area contributed by atoms with Crippen LogP contribution < -0.4 is 10.5 Å². The second kappa shape index (κ2) is 4.35. The normalized spacial score (nSPS) is 10.7. The van der Waals surface area contributed by atoms with Crippen molar-refractivity contribution < 1.29 is 4.74 Å². The van der Waals surface area contributed by atoms with Crippen LogP contribution in [0.2, 0.25) is 0 Å². The SMILES string of the molecule is COc1cccc2sc(-c3ccc(N)cc3)cc12. The Morgan fingerprint density at radius 2 is 1.83 bits per heavy atom. The van der Waals surface area contributed by atoms with Gasteiger partial charge in [0.2, 0.25) is 0 Å². The Morgan fingerprint density at radius 3 is 2.56 bits per heavy atom. The molecule has 0 saturated heterocycles.